The second-order valence-electron chi connectivity index (χ2n) is 8.48. The SMILES string of the molecule is COc1ccc(-c2nc(NC(=O)CN3C(=O)c4ccccc4N4C(=O)CCC34C)n[nH]2)c(OC)c1. The van der Waals surface area contributed by atoms with E-state index in [2.05, 4.69) is 20.5 Å². The second-order valence-corrected chi connectivity index (χ2v) is 8.48. The van der Waals surface area contributed by atoms with E-state index >= 15 is 0 Å². The maximum atomic E-state index is 13.3. The van der Waals surface area contributed by atoms with Gasteiger partial charge in [-0.15, -0.1) is 5.10 Å². The summed E-state index contributed by atoms with van der Waals surface area (Å²) in [6, 6.07) is 12.2. The summed E-state index contributed by atoms with van der Waals surface area (Å²) in [7, 11) is 3.09. The molecule has 1 atom stereocenters. The predicted octanol–water partition coefficient (Wildman–Crippen LogP) is 2.43. The molecule has 11 nitrogen and oxygen atoms in total. The third kappa shape index (κ3) is 3.65. The summed E-state index contributed by atoms with van der Waals surface area (Å²) >= 11 is 0. The minimum absolute atomic E-state index is 0.0530. The fourth-order valence-electron chi connectivity index (χ4n) is 4.68. The van der Waals surface area contributed by atoms with E-state index in [9.17, 15) is 14.4 Å². The number of para-hydroxylation sites is 1. The molecule has 1 unspecified atom stereocenters. The van der Waals surface area contributed by atoms with Crippen molar-refractivity contribution >= 4 is 29.4 Å². The number of H-pyrrole nitrogens is 1. The van der Waals surface area contributed by atoms with E-state index in [-0.39, 0.29) is 24.3 Å². The highest BCUT2D eigenvalue weighted by Gasteiger charge is 2.53. The molecule has 0 bridgehead atoms. The molecule has 0 spiro atoms. The zero-order chi connectivity index (χ0) is 24.7. The normalized spacial score (nSPS) is 18.8. The molecule has 1 aromatic heterocycles. The first-order valence-corrected chi connectivity index (χ1v) is 11.0. The summed E-state index contributed by atoms with van der Waals surface area (Å²) in [5.74, 6) is 0.729. The van der Waals surface area contributed by atoms with Crippen molar-refractivity contribution in [2.24, 2.45) is 0 Å². The van der Waals surface area contributed by atoms with Crippen LogP contribution in [0.15, 0.2) is 42.5 Å². The standard InChI is InChI=1S/C24H24N6O5/c1-24-11-10-20(32)30(24)17-7-5-4-6-15(17)22(33)29(24)13-19(31)25-23-26-21(27-28-23)16-9-8-14(34-2)12-18(16)35-3/h4-9,12H,10-11,13H2,1-3H3,(H2,25,26,27,28,31). The van der Waals surface area contributed by atoms with Gasteiger partial charge in [0.15, 0.2) is 5.82 Å². The first-order valence-electron chi connectivity index (χ1n) is 11.0. The molecule has 0 aliphatic carbocycles. The topological polar surface area (TPSA) is 130 Å². The van der Waals surface area contributed by atoms with Crippen LogP contribution in [0.1, 0.15) is 30.1 Å². The minimum atomic E-state index is -0.930. The number of nitrogens with zero attached hydrogens (tertiary/aromatic N) is 4. The van der Waals surface area contributed by atoms with Gasteiger partial charge in [0.05, 0.1) is 31.0 Å². The number of carbonyl (C=O) groups excluding carboxylic acids is 3. The van der Waals surface area contributed by atoms with Crippen LogP contribution in [0, 0.1) is 0 Å². The summed E-state index contributed by atoms with van der Waals surface area (Å²) in [5.41, 5.74) is 0.670. The number of fused-ring (bicyclic) bond motifs is 3. The molecule has 3 heterocycles. The Bertz CT molecular complexity index is 1340. The van der Waals surface area contributed by atoms with Crippen LogP contribution in [0.4, 0.5) is 11.6 Å². The molecule has 11 heteroatoms. The molecule has 3 amide bonds. The minimum Gasteiger partial charge on any atom is -0.497 e. The molecular weight excluding hydrogens is 452 g/mol. The van der Waals surface area contributed by atoms with E-state index in [0.29, 0.717) is 47.0 Å². The molecule has 2 aliphatic heterocycles. The number of aromatic amines is 1. The number of benzene rings is 2. The lowest BCUT2D eigenvalue weighted by atomic mass is 9.98. The number of nitrogens with one attached hydrogen (secondary N) is 2. The molecule has 2 N–H and O–H groups in total. The number of ether oxygens (including phenoxy) is 2. The Balaban J connectivity index is 1.37. The monoisotopic (exact) mass is 476 g/mol. The molecule has 1 fully saturated rings. The zero-order valence-corrected chi connectivity index (χ0v) is 19.5. The highest BCUT2D eigenvalue weighted by molar-refractivity contribution is 6.11. The van der Waals surface area contributed by atoms with Crippen molar-refractivity contribution in [1.82, 2.24) is 20.1 Å². The van der Waals surface area contributed by atoms with Crippen LogP contribution in [0.5, 0.6) is 11.5 Å². The lowest BCUT2D eigenvalue weighted by Crippen LogP contribution is -2.63. The highest BCUT2D eigenvalue weighted by atomic mass is 16.5. The van der Waals surface area contributed by atoms with Gasteiger partial charge in [-0.3, -0.25) is 29.7 Å². The number of hydrogen-bond donors (Lipinski definition) is 2. The lowest BCUT2D eigenvalue weighted by Gasteiger charge is -2.48. The van der Waals surface area contributed by atoms with E-state index in [4.69, 9.17) is 9.47 Å². The van der Waals surface area contributed by atoms with E-state index in [0.717, 1.165) is 0 Å². The Morgan fingerprint density at radius 2 is 1.94 bits per heavy atom. The van der Waals surface area contributed by atoms with Crippen molar-refractivity contribution < 1.29 is 23.9 Å². The third-order valence-corrected chi connectivity index (χ3v) is 6.45. The van der Waals surface area contributed by atoms with Gasteiger partial charge in [0, 0.05) is 12.5 Å². The molecule has 0 radical (unpaired) electrons. The van der Waals surface area contributed by atoms with E-state index in [1.807, 2.05) is 0 Å². The fourth-order valence-corrected chi connectivity index (χ4v) is 4.68. The maximum Gasteiger partial charge on any atom is 0.258 e. The largest absolute Gasteiger partial charge is 0.497 e. The first kappa shape index (κ1) is 22.4. The molecule has 2 aromatic carbocycles. The molecule has 3 aromatic rings. The predicted molar refractivity (Wildman–Crippen MR) is 126 cm³/mol. The van der Waals surface area contributed by atoms with Crippen molar-refractivity contribution in [2.75, 3.05) is 31.0 Å². The Kier molecular flexibility index (Phi) is 5.39. The number of methoxy groups -OCH3 is 2. The quantitative estimate of drug-likeness (QED) is 0.559. The summed E-state index contributed by atoms with van der Waals surface area (Å²) in [4.78, 5) is 46.4. The first-order chi connectivity index (χ1) is 16.9. The van der Waals surface area contributed by atoms with Gasteiger partial charge in [-0.05, 0) is 37.6 Å². The Morgan fingerprint density at radius 1 is 1.14 bits per heavy atom. The highest BCUT2D eigenvalue weighted by Crippen LogP contribution is 2.43. The van der Waals surface area contributed by atoms with Crippen LogP contribution in [-0.4, -0.2) is 64.2 Å². The average molecular weight is 476 g/mol. The fraction of sp³-hybridized carbons (Fsp3) is 0.292. The number of rotatable bonds is 6. The molecular formula is C24H24N6O5. The average Bonchev–Trinajstić information content (AvgIpc) is 3.45. The molecule has 180 valence electrons. The number of anilines is 2. The number of carbonyl (C=O) groups is 3. The van der Waals surface area contributed by atoms with E-state index < -0.39 is 11.6 Å². The number of aromatic nitrogens is 3. The summed E-state index contributed by atoms with van der Waals surface area (Å²) in [6.07, 6.45) is 0.728. The molecule has 1 saturated heterocycles. The Morgan fingerprint density at radius 3 is 2.71 bits per heavy atom. The summed E-state index contributed by atoms with van der Waals surface area (Å²) in [6.45, 7) is 1.54. The Hall–Kier alpha value is -4.41. The van der Waals surface area contributed by atoms with Crippen molar-refractivity contribution in [2.45, 2.75) is 25.4 Å². The van der Waals surface area contributed by atoms with Gasteiger partial charge in [-0.25, -0.2) is 0 Å². The zero-order valence-electron chi connectivity index (χ0n) is 19.5. The lowest BCUT2D eigenvalue weighted by molar-refractivity contribution is -0.120. The molecule has 0 saturated carbocycles. The molecule has 2 aliphatic rings. The van der Waals surface area contributed by atoms with Crippen LogP contribution in [0.2, 0.25) is 0 Å². The van der Waals surface area contributed by atoms with Crippen molar-refractivity contribution in [3.63, 3.8) is 0 Å². The van der Waals surface area contributed by atoms with Gasteiger partial charge in [0.1, 0.15) is 23.7 Å². The van der Waals surface area contributed by atoms with Gasteiger partial charge in [0.2, 0.25) is 17.8 Å². The van der Waals surface area contributed by atoms with E-state index in [1.54, 1.807) is 61.4 Å². The molecule has 35 heavy (non-hydrogen) atoms. The maximum absolute atomic E-state index is 13.3. The smallest absolute Gasteiger partial charge is 0.258 e. The summed E-state index contributed by atoms with van der Waals surface area (Å²) in [5, 5.41) is 9.49. The van der Waals surface area contributed by atoms with Gasteiger partial charge in [-0.2, -0.15) is 4.98 Å². The van der Waals surface area contributed by atoms with Gasteiger partial charge in [0.25, 0.3) is 5.91 Å². The van der Waals surface area contributed by atoms with Crippen molar-refractivity contribution in [3.05, 3.63) is 48.0 Å². The van der Waals surface area contributed by atoms with E-state index in [1.165, 1.54) is 12.0 Å². The second kappa shape index (κ2) is 8.42. The van der Waals surface area contributed by atoms with Crippen LogP contribution in [0.25, 0.3) is 11.4 Å². The van der Waals surface area contributed by atoms with Crippen molar-refractivity contribution in [1.29, 1.82) is 0 Å². The Labute approximate surface area is 201 Å². The number of hydrogen-bond acceptors (Lipinski definition) is 7. The van der Waals surface area contributed by atoms with Gasteiger partial charge < -0.3 is 14.4 Å². The van der Waals surface area contributed by atoms with Crippen LogP contribution >= 0.6 is 0 Å². The molecule has 5 rings (SSSR count). The van der Waals surface area contributed by atoms with Crippen LogP contribution < -0.4 is 19.7 Å². The summed E-state index contributed by atoms with van der Waals surface area (Å²) < 4.78 is 10.6. The van der Waals surface area contributed by atoms with Crippen LogP contribution in [-0.2, 0) is 9.59 Å². The number of amides is 3. The van der Waals surface area contributed by atoms with Gasteiger partial charge in [-0.1, -0.05) is 12.1 Å². The third-order valence-electron chi connectivity index (χ3n) is 6.45. The van der Waals surface area contributed by atoms with Crippen molar-refractivity contribution in [3.8, 4) is 22.9 Å². The van der Waals surface area contributed by atoms with Gasteiger partial charge >= 0.3 is 0 Å². The van der Waals surface area contributed by atoms with Crippen LogP contribution in [0.3, 0.4) is 0 Å².